The van der Waals surface area contributed by atoms with Crippen LogP contribution < -0.4 is 10.1 Å². The number of ether oxygens (including phenoxy) is 1. The van der Waals surface area contributed by atoms with Crippen molar-refractivity contribution in [3.8, 4) is 5.75 Å². The number of esters is 1. The minimum absolute atomic E-state index is 0.0374. The maximum absolute atomic E-state index is 12.8. The Hall–Kier alpha value is -4.23. The lowest BCUT2D eigenvalue weighted by molar-refractivity contribution is -0.130. The molecule has 4 rings (SSSR count). The van der Waals surface area contributed by atoms with Crippen LogP contribution in [0.25, 0.3) is 6.08 Å². The Morgan fingerprint density at radius 3 is 2.24 bits per heavy atom. The Morgan fingerprint density at radius 2 is 1.58 bits per heavy atom. The number of rotatable bonds is 5. The molecule has 0 unspecified atom stereocenters. The Kier molecular flexibility index (Phi) is 6.33. The molecule has 7 nitrogen and oxygen atoms in total. The van der Waals surface area contributed by atoms with E-state index in [1.165, 1.54) is 18.2 Å². The van der Waals surface area contributed by atoms with Gasteiger partial charge in [0.1, 0.15) is 11.3 Å². The van der Waals surface area contributed by atoms with Crippen molar-refractivity contribution in [3.63, 3.8) is 0 Å². The molecule has 0 radical (unpaired) electrons. The van der Waals surface area contributed by atoms with Crippen LogP contribution in [0.3, 0.4) is 0 Å². The zero-order valence-electron chi connectivity index (χ0n) is 17.2. The molecule has 1 aliphatic rings. The predicted molar refractivity (Wildman–Crippen MR) is 121 cm³/mol. The van der Waals surface area contributed by atoms with Crippen LogP contribution in [-0.2, 0) is 16.1 Å². The molecular formula is C25H17ClN2O5. The third kappa shape index (κ3) is 5.16. The molecule has 0 bridgehead atoms. The lowest BCUT2D eigenvalue weighted by Crippen LogP contribution is -2.53. The highest BCUT2D eigenvalue weighted by Crippen LogP contribution is 2.20. The van der Waals surface area contributed by atoms with Gasteiger partial charge in [-0.05, 0) is 53.6 Å². The molecule has 1 heterocycles. The van der Waals surface area contributed by atoms with E-state index in [2.05, 4.69) is 5.32 Å². The summed E-state index contributed by atoms with van der Waals surface area (Å²) in [4.78, 5) is 50.5. The first-order valence-corrected chi connectivity index (χ1v) is 10.3. The van der Waals surface area contributed by atoms with Gasteiger partial charge in [-0.25, -0.2) is 9.59 Å². The minimum atomic E-state index is -0.771. The maximum atomic E-state index is 12.8. The molecule has 1 aliphatic heterocycles. The molecule has 1 fully saturated rings. The van der Waals surface area contributed by atoms with Gasteiger partial charge in [0.15, 0.2) is 0 Å². The SMILES string of the molecule is O=C1NC(=O)N(Cc2ccccc2)C(=O)/C1=C\c1ccc(OC(=O)c2ccc(Cl)cc2)cc1. The average Bonchev–Trinajstić information content (AvgIpc) is 2.81. The lowest BCUT2D eigenvalue weighted by Gasteiger charge is -2.26. The summed E-state index contributed by atoms with van der Waals surface area (Å²) in [5, 5.41) is 2.70. The fourth-order valence-electron chi connectivity index (χ4n) is 3.15. The van der Waals surface area contributed by atoms with Crippen LogP contribution in [0.5, 0.6) is 5.75 Å². The van der Waals surface area contributed by atoms with Gasteiger partial charge in [-0.3, -0.25) is 19.8 Å². The zero-order valence-corrected chi connectivity index (χ0v) is 17.9. The van der Waals surface area contributed by atoms with Crippen molar-refractivity contribution in [3.05, 3.63) is 106 Å². The van der Waals surface area contributed by atoms with Gasteiger partial charge in [-0.15, -0.1) is 0 Å². The monoisotopic (exact) mass is 460 g/mol. The van der Waals surface area contributed by atoms with Crippen LogP contribution in [-0.4, -0.2) is 28.7 Å². The lowest BCUT2D eigenvalue weighted by atomic mass is 10.1. The zero-order chi connectivity index (χ0) is 23.4. The smallest absolute Gasteiger partial charge is 0.343 e. The minimum Gasteiger partial charge on any atom is -0.423 e. The molecular weight excluding hydrogens is 444 g/mol. The number of carbonyl (C=O) groups excluding carboxylic acids is 4. The van der Waals surface area contributed by atoms with Gasteiger partial charge in [0.2, 0.25) is 0 Å². The number of hydrogen-bond donors (Lipinski definition) is 1. The van der Waals surface area contributed by atoms with E-state index in [0.29, 0.717) is 16.1 Å². The second kappa shape index (κ2) is 9.50. The number of halogens is 1. The van der Waals surface area contributed by atoms with Crippen LogP contribution in [0.4, 0.5) is 4.79 Å². The largest absolute Gasteiger partial charge is 0.423 e. The Morgan fingerprint density at radius 1 is 0.909 bits per heavy atom. The van der Waals surface area contributed by atoms with Crippen molar-refractivity contribution < 1.29 is 23.9 Å². The van der Waals surface area contributed by atoms with Crippen molar-refractivity contribution in [1.82, 2.24) is 10.2 Å². The standard InChI is InChI=1S/C25H17ClN2O5/c26-19-10-8-18(9-11-19)24(31)33-20-12-6-16(7-13-20)14-21-22(29)27-25(32)28(23(21)30)15-17-4-2-1-3-5-17/h1-14H,15H2,(H,27,29,32)/b21-14-. The van der Waals surface area contributed by atoms with Crippen LogP contribution in [0.15, 0.2) is 84.4 Å². The van der Waals surface area contributed by atoms with Crippen molar-refractivity contribution in [2.45, 2.75) is 6.54 Å². The van der Waals surface area contributed by atoms with E-state index in [1.807, 2.05) is 6.07 Å². The van der Waals surface area contributed by atoms with Gasteiger partial charge < -0.3 is 4.74 Å². The molecule has 0 atom stereocenters. The summed E-state index contributed by atoms with van der Waals surface area (Å²) in [6.07, 6.45) is 1.38. The summed E-state index contributed by atoms with van der Waals surface area (Å²) in [5.74, 6) is -1.72. The highest BCUT2D eigenvalue weighted by atomic mass is 35.5. The third-order valence-corrected chi connectivity index (χ3v) is 5.10. The summed E-state index contributed by atoms with van der Waals surface area (Å²) < 4.78 is 5.32. The fraction of sp³-hybridized carbons (Fsp3) is 0.0400. The molecule has 3 aromatic rings. The molecule has 4 amide bonds. The van der Waals surface area contributed by atoms with Gasteiger partial charge in [0.25, 0.3) is 11.8 Å². The first-order chi connectivity index (χ1) is 15.9. The van der Waals surface area contributed by atoms with Crippen molar-refractivity contribution in [2.75, 3.05) is 0 Å². The number of nitrogens with one attached hydrogen (secondary N) is 1. The molecule has 1 N–H and O–H groups in total. The van der Waals surface area contributed by atoms with E-state index >= 15 is 0 Å². The maximum Gasteiger partial charge on any atom is 0.343 e. The summed E-state index contributed by atoms with van der Waals surface area (Å²) in [7, 11) is 0. The molecule has 0 aromatic heterocycles. The summed E-state index contributed by atoms with van der Waals surface area (Å²) in [6.45, 7) is 0.0374. The van der Waals surface area contributed by atoms with Crippen molar-refractivity contribution >= 4 is 41.5 Å². The van der Waals surface area contributed by atoms with Gasteiger partial charge in [-0.2, -0.15) is 0 Å². The molecule has 164 valence electrons. The second-order valence-corrected chi connectivity index (χ2v) is 7.60. The topological polar surface area (TPSA) is 92.8 Å². The summed E-state index contributed by atoms with van der Waals surface area (Å²) >= 11 is 5.82. The second-order valence-electron chi connectivity index (χ2n) is 7.16. The van der Waals surface area contributed by atoms with E-state index in [1.54, 1.807) is 60.7 Å². The number of imide groups is 2. The van der Waals surface area contributed by atoms with Crippen LogP contribution in [0.1, 0.15) is 21.5 Å². The number of amides is 4. The first kappa shape index (κ1) is 22.0. The van der Waals surface area contributed by atoms with Crippen molar-refractivity contribution in [2.24, 2.45) is 0 Å². The fourth-order valence-corrected chi connectivity index (χ4v) is 3.28. The average molecular weight is 461 g/mol. The summed E-state index contributed by atoms with van der Waals surface area (Å²) in [5.41, 5.74) is 1.45. The highest BCUT2D eigenvalue weighted by molar-refractivity contribution is 6.31. The van der Waals surface area contributed by atoms with Crippen LogP contribution >= 0.6 is 11.6 Å². The van der Waals surface area contributed by atoms with Gasteiger partial charge >= 0.3 is 12.0 Å². The van der Waals surface area contributed by atoms with Gasteiger partial charge in [-0.1, -0.05) is 54.1 Å². The Balaban J connectivity index is 1.49. The number of barbiturate groups is 1. The van der Waals surface area contributed by atoms with E-state index in [4.69, 9.17) is 16.3 Å². The van der Waals surface area contributed by atoms with Crippen LogP contribution in [0, 0.1) is 0 Å². The molecule has 33 heavy (non-hydrogen) atoms. The normalized spacial score (nSPS) is 14.9. The Bertz CT molecular complexity index is 1250. The molecule has 0 spiro atoms. The van der Waals surface area contributed by atoms with Gasteiger partial charge in [0, 0.05) is 5.02 Å². The summed E-state index contributed by atoms with van der Waals surface area (Å²) in [6, 6.07) is 20.8. The number of hydrogen-bond acceptors (Lipinski definition) is 5. The first-order valence-electron chi connectivity index (χ1n) is 9.91. The number of benzene rings is 3. The number of urea groups is 1. The number of carbonyl (C=O) groups is 4. The molecule has 3 aromatic carbocycles. The molecule has 0 aliphatic carbocycles. The predicted octanol–water partition coefficient (Wildman–Crippen LogP) is 4.22. The highest BCUT2D eigenvalue weighted by Gasteiger charge is 2.35. The van der Waals surface area contributed by atoms with Crippen molar-refractivity contribution in [1.29, 1.82) is 0 Å². The quantitative estimate of drug-likeness (QED) is 0.266. The Labute approximate surface area is 194 Å². The molecule has 1 saturated heterocycles. The van der Waals surface area contributed by atoms with E-state index in [0.717, 1.165) is 10.5 Å². The number of nitrogens with zero attached hydrogens (tertiary/aromatic N) is 1. The van der Waals surface area contributed by atoms with Crippen LogP contribution in [0.2, 0.25) is 5.02 Å². The molecule has 8 heteroatoms. The molecule has 0 saturated carbocycles. The van der Waals surface area contributed by atoms with E-state index < -0.39 is 23.8 Å². The van der Waals surface area contributed by atoms with E-state index in [-0.39, 0.29) is 17.9 Å². The third-order valence-electron chi connectivity index (χ3n) is 4.85. The van der Waals surface area contributed by atoms with E-state index in [9.17, 15) is 19.2 Å². The van der Waals surface area contributed by atoms with Gasteiger partial charge in [0.05, 0.1) is 12.1 Å².